The lowest BCUT2D eigenvalue weighted by Crippen LogP contribution is -2.54. The van der Waals surface area contributed by atoms with Gasteiger partial charge in [-0.3, -0.25) is 10.1 Å². The number of carbonyl (C=O) groups is 1. The highest BCUT2D eigenvalue weighted by Crippen LogP contribution is 2.34. The van der Waals surface area contributed by atoms with Gasteiger partial charge in [-0.05, 0) is 58.9 Å². The van der Waals surface area contributed by atoms with Crippen LogP contribution in [0.4, 0.5) is 0 Å². The van der Waals surface area contributed by atoms with Crippen LogP contribution in [0.25, 0.3) is 0 Å². The Hall–Kier alpha value is -0.650. The monoisotopic (exact) mass is 298 g/mol. The molecular weight excluding hydrogens is 268 g/mol. The molecule has 0 bridgehead atoms. The molecule has 122 valence electrons. The van der Waals surface area contributed by atoms with Crippen molar-refractivity contribution >= 4 is 5.97 Å². The molecule has 1 heterocycles. The summed E-state index contributed by atoms with van der Waals surface area (Å²) in [4.78, 5) is 14.1. The molecule has 0 aromatic carbocycles. The summed E-state index contributed by atoms with van der Waals surface area (Å²) < 4.78 is 5.41. The van der Waals surface area contributed by atoms with E-state index < -0.39 is 11.5 Å². The smallest absolute Gasteiger partial charge is 0.323 e. The first-order valence-corrected chi connectivity index (χ1v) is 8.22. The molecule has 5 nitrogen and oxygen atoms in total. The van der Waals surface area contributed by atoms with Gasteiger partial charge in [-0.2, -0.15) is 0 Å². The molecule has 5 heteroatoms. The number of ether oxygens (including phenoxy) is 1. The average Bonchev–Trinajstić information content (AvgIpc) is 2.85. The number of hydrogen-bond donors (Lipinski definition) is 2. The maximum absolute atomic E-state index is 11.7. The van der Waals surface area contributed by atoms with Crippen molar-refractivity contribution in [1.29, 1.82) is 0 Å². The van der Waals surface area contributed by atoms with Gasteiger partial charge in [-0.1, -0.05) is 0 Å². The van der Waals surface area contributed by atoms with Crippen LogP contribution < -0.4 is 5.32 Å². The Morgan fingerprint density at radius 3 is 2.62 bits per heavy atom. The largest absolute Gasteiger partial charge is 0.480 e. The molecule has 0 aromatic heterocycles. The van der Waals surface area contributed by atoms with E-state index in [9.17, 15) is 9.90 Å². The number of nitrogens with zero attached hydrogens (tertiary/aromatic N) is 1. The van der Waals surface area contributed by atoms with Gasteiger partial charge < -0.3 is 14.7 Å². The van der Waals surface area contributed by atoms with Gasteiger partial charge in [0, 0.05) is 31.8 Å². The van der Waals surface area contributed by atoms with Crippen LogP contribution in [0, 0.1) is 5.92 Å². The molecule has 2 unspecified atom stereocenters. The van der Waals surface area contributed by atoms with Crippen molar-refractivity contribution in [2.45, 2.75) is 63.6 Å². The fourth-order valence-corrected chi connectivity index (χ4v) is 3.82. The second-order valence-electron chi connectivity index (χ2n) is 7.08. The van der Waals surface area contributed by atoms with E-state index in [0.717, 1.165) is 45.4 Å². The van der Waals surface area contributed by atoms with Crippen LogP contribution in [0.15, 0.2) is 0 Å². The van der Waals surface area contributed by atoms with Crippen LogP contribution in [0.2, 0.25) is 0 Å². The summed E-state index contributed by atoms with van der Waals surface area (Å²) in [7, 11) is 2.15. The Balaban J connectivity index is 1.91. The molecular formula is C16H30N2O3. The predicted octanol–water partition coefficient (Wildman–Crippen LogP) is 1.72. The van der Waals surface area contributed by atoms with E-state index in [1.54, 1.807) is 0 Å². The Bertz CT molecular complexity index is 355. The SMILES string of the molecule is CC(C)NC1(C(=O)O)CCC(N(C)CC2CCOCC2)C1. The summed E-state index contributed by atoms with van der Waals surface area (Å²) in [6.45, 7) is 6.84. The minimum absolute atomic E-state index is 0.195. The highest BCUT2D eigenvalue weighted by Gasteiger charge is 2.46. The zero-order valence-electron chi connectivity index (χ0n) is 13.6. The maximum Gasteiger partial charge on any atom is 0.323 e. The number of aliphatic carboxylic acids is 1. The van der Waals surface area contributed by atoms with Crippen molar-refractivity contribution < 1.29 is 14.6 Å². The highest BCUT2D eigenvalue weighted by atomic mass is 16.5. The van der Waals surface area contributed by atoms with Crippen LogP contribution >= 0.6 is 0 Å². The predicted molar refractivity (Wildman–Crippen MR) is 82.5 cm³/mol. The average molecular weight is 298 g/mol. The number of nitrogens with one attached hydrogen (secondary N) is 1. The number of carboxylic acid groups (broad SMARTS) is 1. The quantitative estimate of drug-likeness (QED) is 0.782. The Labute approximate surface area is 128 Å². The van der Waals surface area contributed by atoms with Crippen molar-refractivity contribution in [2.75, 3.05) is 26.8 Å². The van der Waals surface area contributed by atoms with Crippen LogP contribution in [0.3, 0.4) is 0 Å². The number of carboxylic acids is 1. The molecule has 2 atom stereocenters. The van der Waals surface area contributed by atoms with E-state index >= 15 is 0 Å². The normalized spacial score (nSPS) is 31.2. The zero-order chi connectivity index (χ0) is 15.5. The van der Waals surface area contributed by atoms with E-state index in [1.807, 2.05) is 13.8 Å². The standard InChI is InChI=1S/C16H30N2O3/c1-12(2)17-16(15(19)20)7-4-14(10-16)18(3)11-13-5-8-21-9-6-13/h12-14,17H,4-11H2,1-3H3,(H,19,20). The molecule has 0 amide bonds. The molecule has 0 spiro atoms. The Morgan fingerprint density at radius 2 is 2.05 bits per heavy atom. The molecule has 0 radical (unpaired) electrons. The van der Waals surface area contributed by atoms with Crippen molar-refractivity contribution in [2.24, 2.45) is 5.92 Å². The van der Waals surface area contributed by atoms with Crippen LogP contribution in [-0.2, 0) is 9.53 Å². The molecule has 1 aliphatic heterocycles. The first-order chi connectivity index (χ1) is 9.93. The minimum Gasteiger partial charge on any atom is -0.480 e. The third-order valence-electron chi connectivity index (χ3n) is 4.97. The molecule has 1 saturated heterocycles. The summed E-state index contributed by atoms with van der Waals surface area (Å²) in [5.74, 6) is -0.000183. The Morgan fingerprint density at radius 1 is 1.38 bits per heavy atom. The van der Waals surface area contributed by atoms with Crippen LogP contribution in [0.1, 0.15) is 46.0 Å². The summed E-state index contributed by atoms with van der Waals surface area (Å²) in [6, 6.07) is 0.566. The molecule has 0 aromatic rings. The first-order valence-electron chi connectivity index (χ1n) is 8.22. The van der Waals surface area contributed by atoms with Crippen molar-refractivity contribution in [3.8, 4) is 0 Å². The van der Waals surface area contributed by atoms with Gasteiger partial charge in [0.05, 0.1) is 0 Å². The van der Waals surface area contributed by atoms with Gasteiger partial charge in [0.2, 0.25) is 0 Å². The second kappa shape index (κ2) is 7.07. The van der Waals surface area contributed by atoms with E-state index in [4.69, 9.17) is 4.74 Å². The number of hydrogen-bond acceptors (Lipinski definition) is 4. The summed E-state index contributed by atoms with van der Waals surface area (Å²) >= 11 is 0. The molecule has 1 saturated carbocycles. The van der Waals surface area contributed by atoms with Crippen molar-refractivity contribution in [3.05, 3.63) is 0 Å². The van der Waals surface area contributed by atoms with E-state index in [0.29, 0.717) is 18.4 Å². The van der Waals surface area contributed by atoms with Gasteiger partial charge in [-0.15, -0.1) is 0 Å². The zero-order valence-corrected chi connectivity index (χ0v) is 13.6. The molecule has 2 rings (SSSR count). The van der Waals surface area contributed by atoms with Crippen molar-refractivity contribution in [3.63, 3.8) is 0 Å². The second-order valence-corrected chi connectivity index (χ2v) is 7.08. The van der Waals surface area contributed by atoms with Crippen LogP contribution in [0.5, 0.6) is 0 Å². The van der Waals surface area contributed by atoms with Gasteiger partial charge >= 0.3 is 5.97 Å². The lowest BCUT2D eigenvalue weighted by Gasteiger charge is -2.33. The topological polar surface area (TPSA) is 61.8 Å². The molecule has 2 aliphatic rings. The minimum atomic E-state index is -0.733. The lowest BCUT2D eigenvalue weighted by molar-refractivity contribution is -0.145. The summed E-state index contributed by atoms with van der Waals surface area (Å²) in [5, 5.41) is 12.9. The van der Waals surface area contributed by atoms with E-state index in [2.05, 4.69) is 17.3 Å². The summed E-state index contributed by atoms with van der Waals surface area (Å²) in [5.41, 5.74) is -0.733. The third-order valence-corrected chi connectivity index (χ3v) is 4.97. The highest BCUT2D eigenvalue weighted by molar-refractivity contribution is 5.79. The van der Waals surface area contributed by atoms with E-state index in [-0.39, 0.29) is 6.04 Å². The van der Waals surface area contributed by atoms with Crippen molar-refractivity contribution in [1.82, 2.24) is 10.2 Å². The molecule has 1 aliphatic carbocycles. The third kappa shape index (κ3) is 4.18. The van der Waals surface area contributed by atoms with Gasteiger partial charge in [0.15, 0.2) is 0 Å². The number of rotatable bonds is 6. The Kier molecular flexibility index (Phi) is 5.63. The summed E-state index contributed by atoms with van der Waals surface area (Å²) in [6.07, 6.45) is 4.66. The fourth-order valence-electron chi connectivity index (χ4n) is 3.82. The van der Waals surface area contributed by atoms with Gasteiger partial charge in [0.25, 0.3) is 0 Å². The maximum atomic E-state index is 11.7. The molecule has 2 N–H and O–H groups in total. The molecule has 2 fully saturated rings. The van der Waals surface area contributed by atoms with E-state index in [1.165, 1.54) is 0 Å². The fraction of sp³-hybridized carbons (Fsp3) is 0.938. The van der Waals surface area contributed by atoms with Crippen LogP contribution in [-0.4, -0.2) is 60.4 Å². The van der Waals surface area contributed by atoms with Gasteiger partial charge in [0.1, 0.15) is 5.54 Å². The first kappa shape index (κ1) is 16.7. The lowest BCUT2D eigenvalue weighted by atomic mass is 9.95. The molecule has 21 heavy (non-hydrogen) atoms. The van der Waals surface area contributed by atoms with Gasteiger partial charge in [-0.25, -0.2) is 0 Å².